The maximum Gasteiger partial charge on any atom is 0.134 e. The predicted octanol–water partition coefficient (Wildman–Crippen LogP) is 2.06. The first-order chi connectivity index (χ1) is 7.60. The molecule has 1 N–H and O–H groups in total. The highest BCUT2D eigenvalue weighted by atomic mass is 15.2. The van der Waals surface area contributed by atoms with Crippen LogP contribution in [0.4, 0.5) is 11.6 Å². The minimum absolute atomic E-state index is 0.578. The molecule has 1 aromatic rings. The van der Waals surface area contributed by atoms with Gasteiger partial charge in [-0.3, -0.25) is 0 Å². The topological polar surface area (TPSA) is 41.0 Å². The molecule has 0 radical (unpaired) electrons. The second kappa shape index (κ2) is 4.28. The van der Waals surface area contributed by atoms with Gasteiger partial charge in [0.05, 0.1) is 0 Å². The highest BCUT2D eigenvalue weighted by molar-refractivity contribution is 5.50. The Morgan fingerprint density at radius 3 is 2.69 bits per heavy atom. The van der Waals surface area contributed by atoms with E-state index in [0.29, 0.717) is 6.04 Å². The minimum Gasteiger partial charge on any atom is -0.373 e. The molecule has 88 valence electrons. The van der Waals surface area contributed by atoms with Gasteiger partial charge in [-0.25, -0.2) is 9.97 Å². The molecule has 2 heterocycles. The summed E-state index contributed by atoms with van der Waals surface area (Å²) in [5, 5.41) is 3.08. The third-order valence-corrected chi connectivity index (χ3v) is 3.16. The Balaban J connectivity index is 2.29. The van der Waals surface area contributed by atoms with Crippen LogP contribution in [0.2, 0.25) is 0 Å². The van der Waals surface area contributed by atoms with Gasteiger partial charge in [-0.2, -0.15) is 0 Å². The number of anilines is 2. The Hall–Kier alpha value is -1.32. The summed E-state index contributed by atoms with van der Waals surface area (Å²) < 4.78 is 0. The molecule has 16 heavy (non-hydrogen) atoms. The van der Waals surface area contributed by atoms with Gasteiger partial charge in [-0.15, -0.1) is 0 Å². The molecule has 4 heteroatoms. The zero-order chi connectivity index (χ0) is 11.7. The number of aryl methyl sites for hydroxylation is 1. The Bertz CT molecular complexity index is 377. The van der Waals surface area contributed by atoms with Crippen molar-refractivity contribution in [3.05, 3.63) is 11.9 Å². The fraction of sp³-hybridized carbons (Fsp3) is 0.667. The smallest absolute Gasteiger partial charge is 0.134 e. The van der Waals surface area contributed by atoms with Crippen LogP contribution < -0.4 is 10.2 Å². The molecule has 1 aliphatic rings. The summed E-state index contributed by atoms with van der Waals surface area (Å²) >= 11 is 0. The standard InChI is InChI=1S/C12H20N4/c1-8-5-9(2)16(7-8)12-6-11(13-4)14-10(3)15-12/h6,8-9H,5,7H2,1-4H3,(H,13,14,15). The Kier molecular flexibility index (Phi) is 2.99. The summed E-state index contributed by atoms with van der Waals surface area (Å²) in [6.07, 6.45) is 1.25. The minimum atomic E-state index is 0.578. The van der Waals surface area contributed by atoms with Gasteiger partial charge in [0, 0.05) is 25.7 Å². The van der Waals surface area contributed by atoms with Crippen LogP contribution in [-0.2, 0) is 0 Å². The molecule has 1 aromatic heterocycles. The quantitative estimate of drug-likeness (QED) is 0.828. The van der Waals surface area contributed by atoms with Crippen LogP contribution in [0.25, 0.3) is 0 Å². The fourth-order valence-corrected chi connectivity index (χ4v) is 2.45. The van der Waals surface area contributed by atoms with E-state index in [4.69, 9.17) is 0 Å². The van der Waals surface area contributed by atoms with Crippen LogP contribution >= 0.6 is 0 Å². The number of hydrogen-bond donors (Lipinski definition) is 1. The van der Waals surface area contributed by atoms with E-state index in [-0.39, 0.29) is 0 Å². The van der Waals surface area contributed by atoms with Crippen molar-refractivity contribution in [3.8, 4) is 0 Å². The zero-order valence-corrected chi connectivity index (χ0v) is 10.5. The Morgan fingerprint density at radius 1 is 1.38 bits per heavy atom. The molecule has 0 bridgehead atoms. The lowest BCUT2D eigenvalue weighted by molar-refractivity contribution is 0.625. The summed E-state index contributed by atoms with van der Waals surface area (Å²) in [5.41, 5.74) is 0. The predicted molar refractivity (Wildman–Crippen MR) is 66.9 cm³/mol. The monoisotopic (exact) mass is 220 g/mol. The molecule has 2 atom stereocenters. The lowest BCUT2D eigenvalue weighted by atomic mass is 10.1. The molecule has 4 nitrogen and oxygen atoms in total. The Labute approximate surface area is 97.1 Å². The van der Waals surface area contributed by atoms with Gasteiger partial charge in [-0.1, -0.05) is 6.92 Å². The van der Waals surface area contributed by atoms with Crippen molar-refractivity contribution in [3.63, 3.8) is 0 Å². The van der Waals surface area contributed by atoms with Gasteiger partial charge in [-0.05, 0) is 26.2 Å². The molecule has 1 fully saturated rings. The van der Waals surface area contributed by atoms with Crippen molar-refractivity contribution >= 4 is 11.6 Å². The average Bonchev–Trinajstić information content (AvgIpc) is 2.57. The average molecular weight is 220 g/mol. The first kappa shape index (κ1) is 11.2. The van der Waals surface area contributed by atoms with E-state index in [1.165, 1.54) is 6.42 Å². The summed E-state index contributed by atoms with van der Waals surface area (Å²) in [4.78, 5) is 11.2. The van der Waals surface area contributed by atoms with Gasteiger partial charge in [0.25, 0.3) is 0 Å². The third-order valence-electron chi connectivity index (χ3n) is 3.16. The lowest BCUT2D eigenvalue weighted by Crippen LogP contribution is -2.28. The van der Waals surface area contributed by atoms with Crippen LogP contribution in [-0.4, -0.2) is 29.6 Å². The number of hydrogen-bond acceptors (Lipinski definition) is 4. The molecule has 2 unspecified atom stereocenters. The van der Waals surface area contributed by atoms with Crippen molar-refractivity contribution in [2.45, 2.75) is 33.2 Å². The molecule has 0 amide bonds. The van der Waals surface area contributed by atoms with Crippen molar-refractivity contribution in [2.75, 3.05) is 23.8 Å². The van der Waals surface area contributed by atoms with Crippen LogP contribution in [0.3, 0.4) is 0 Å². The molecule has 1 aliphatic heterocycles. The number of aromatic nitrogens is 2. The summed E-state index contributed by atoms with van der Waals surface area (Å²) in [7, 11) is 1.89. The molecule has 0 aromatic carbocycles. The second-order valence-corrected chi connectivity index (χ2v) is 4.75. The highest BCUT2D eigenvalue weighted by Crippen LogP contribution is 2.28. The van der Waals surface area contributed by atoms with E-state index < -0.39 is 0 Å². The summed E-state index contributed by atoms with van der Waals surface area (Å²) in [5.74, 6) is 3.53. The first-order valence-corrected chi connectivity index (χ1v) is 5.90. The van der Waals surface area contributed by atoms with Crippen LogP contribution in [0.5, 0.6) is 0 Å². The zero-order valence-electron chi connectivity index (χ0n) is 10.5. The summed E-state index contributed by atoms with van der Waals surface area (Å²) in [6, 6.07) is 2.61. The number of rotatable bonds is 2. The number of nitrogens with one attached hydrogen (secondary N) is 1. The SMILES string of the molecule is CNc1cc(N2CC(C)CC2C)nc(C)n1. The summed E-state index contributed by atoms with van der Waals surface area (Å²) in [6.45, 7) is 7.60. The molecule has 0 saturated carbocycles. The molecule has 2 rings (SSSR count). The third kappa shape index (κ3) is 2.10. The number of nitrogens with zero attached hydrogens (tertiary/aromatic N) is 3. The maximum atomic E-state index is 4.52. The Morgan fingerprint density at radius 2 is 2.12 bits per heavy atom. The molecule has 1 saturated heterocycles. The molecule has 0 spiro atoms. The van der Waals surface area contributed by atoms with E-state index in [1.54, 1.807) is 0 Å². The largest absolute Gasteiger partial charge is 0.373 e. The second-order valence-electron chi connectivity index (χ2n) is 4.75. The normalized spacial score (nSPS) is 24.9. The van der Waals surface area contributed by atoms with Crippen LogP contribution in [0.1, 0.15) is 26.1 Å². The van der Waals surface area contributed by atoms with Gasteiger partial charge >= 0.3 is 0 Å². The van der Waals surface area contributed by atoms with E-state index in [2.05, 4.69) is 34.0 Å². The van der Waals surface area contributed by atoms with Crippen molar-refractivity contribution < 1.29 is 0 Å². The van der Waals surface area contributed by atoms with Crippen molar-refractivity contribution in [1.29, 1.82) is 0 Å². The highest BCUT2D eigenvalue weighted by Gasteiger charge is 2.27. The van der Waals surface area contributed by atoms with E-state index in [1.807, 2.05) is 20.0 Å². The van der Waals surface area contributed by atoms with Gasteiger partial charge < -0.3 is 10.2 Å². The molecule has 0 aliphatic carbocycles. The van der Waals surface area contributed by atoms with Gasteiger partial charge in [0.15, 0.2) is 0 Å². The maximum absolute atomic E-state index is 4.52. The molecular weight excluding hydrogens is 200 g/mol. The van der Waals surface area contributed by atoms with Crippen LogP contribution in [0.15, 0.2) is 6.07 Å². The van der Waals surface area contributed by atoms with E-state index in [9.17, 15) is 0 Å². The van der Waals surface area contributed by atoms with Gasteiger partial charge in [0.2, 0.25) is 0 Å². The van der Waals surface area contributed by atoms with Crippen molar-refractivity contribution in [2.24, 2.45) is 5.92 Å². The van der Waals surface area contributed by atoms with E-state index in [0.717, 1.165) is 29.9 Å². The first-order valence-electron chi connectivity index (χ1n) is 5.90. The lowest BCUT2D eigenvalue weighted by Gasteiger charge is -2.23. The van der Waals surface area contributed by atoms with Gasteiger partial charge in [0.1, 0.15) is 17.5 Å². The molecular formula is C12H20N4. The van der Waals surface area contributed by atoms with E-state index >= 15 is 0 Å². The van der Waals surface area contributed by atoms with Crippen molar-refractivity contribution in [1.82, 2.24) is 9.97 Å². The van der Waals surface area contributed by atoms with Crippen LogP contribution in [0, 0.1) is 12.8 Å². The fourth-order valence-electron chi connectivity index (χ4n) is 2.45.